The molecule has 1 aromatic heterocycles. The van der Waals surface area contributed by atoms with E-state index in [1.807, 2.05) is 6.07 Å². The second kappa shape index (κ2) is 5.49. The van der Waals surface area contributed by atoms with Gasteiger partial charge in [-0.05, 0) is 52.2 Å². The van der Waals surface area contributed by atoms with Crippen LogP contribution in [0.1, 0.15) is 20.7 Å². The third-order valence-corrected chi connectivity index (χ3v) is 3.71. The number of halogens is 1. The summed E-state index contributed by atoms with van der Waals surface area (Å²) in [4.78, 5) is 22.8. The van der Waals surface area contributed by atoms with Crippen LogP contribution in [0, 0.1) is 3.57 Å². The van der Waals surface area contributed by atoms with Gasteiger partial charge in [0.2, 0.25) is 0 Å². The molecule has 0 aliphatic carbocycles. The highest BCUT2D eigenvalue weighted by atomic mass is 127. The number of hydrogen-bond donors (Lipinski definition) is 2. The van der Waals surface area contributed by atoms with Crippen LogP contribution in [0.5, 0.6) is 0 Å². The summed E-state index contributed by atoms with van der Waals surface area (Å²) in [5, 5.41) is 13.5. The maximum atomic E-state index is 11.9. The van der Waals surface area contributed by atoms with Crippen LogP contribution in [0.2, 0.25) is 0 Å². The van der Waals surface area contributed by atoms with Crippen molar-refractivity contribution >= 4 is 50.8 Å². The second-order valence-corrected chi connectivity index (χ2v) is 5.59. The van der Waals surface area contributed by atoms with Crippen molar-refractivity contribution in [2.24, 2.45) is 0 Å². The van der Waals surface area contributed by atoms with E-state index in [-0.39, 0.29) is 11.5 Å². The Kier molecular flexibility index (Phi) is 3.97. The highest BCUT2D eigenvalue weighted by Gasteiger charge is 2.14. The minimum atomic E-state index is -1.05. The number of nitrogens with one attached hydrogen (secondary N) is 1. The summed E-state index contributed by atoms with van der Waals surface area (Å²) in [6.07, 6.45) is 0. The van der Waals surface area contributed by atoms with Gasteiger partial charge in [0.25, 0.3) is 5.91 Å². The Morgan fingerprint density at radius 3 is 2.72 bits per heavy atom. The molecule has 0 fully saturated rings. The van der Waals surface area contributed by atoms with E-state index in [0.29, 0.717) is 10.6 Å². The molecule has 1 heterocycles. The first-order valence-electron chi connectivity index (χ1n) is 4.95. The molecule has 0 aliphatic heterocycles. The largest absolute Gasteiger partial charge is 0.478 e. The molecule has 2 N–H and O–H groups in total. The molecule has 0 radical (unpaired) electrons. The highest BCUT2D eigenvalue weighted by Crippen LogP contribution is 2.24. The molecule has 18 heavy (non-hydrogen) atoms. The van der Waals surface area contributed by atoms with E-state index in [9.17, 15) is 9.59 Å². The van der Waals surface area contributed by atoms with Gasteiger partial charge in [0.1, 0.15) is 5.00 Å². The van der Waals surface area contributed by atoms with E-state index in [4.69, 9.17) is 5.11 Å². The third-order valence-electron chi connectivity index (χ3n) is 2.21. The average Bonchev–Trinajstić information content (AvgIpc) is 2.77. The lowest BCUT2D eigenvalue weighted by Crippen LogP contribution is -2.13. The molecule has 2 aromatic rings. The van der Waals surface area contributed by atoms with E-state index in [0.717, 1.165) is 3.57 Å². The number of aromatic carboxylic acids is 1. The molecular formula is C12H8INO3S. The van der Waals surface area contributed by atoms with Gasteiger partial charge < -0.3 is 10.4 Å². The average molecular weight is 373 g/mol. The minimum Gasteiger partial charge on any atom is -0.478 e. The number of rotatable bonds is 3. The molecule has 1 amide bonds. The fourth-order valence-electron chi connectivity index (χ4n) is 1.38. The van der Waals surface area contributed by atoms with Crippen molar-refractivity contribution in [1.29, 1.82) is 0 Å². The second-order valence-electron chi connectivity index (χ2n) is 3.43. The topological polar surface area (TPSA) is 66.4 Å². The number of hydrogen-bond acceptors (Lipinski definition) is 3. The number of carbonyl (C=O) groups excluding carboxylic acids is 1. The smallest absolute Gasteiger partial charge is 0.338 e. The van der Waals surface area contributed by atoms with Crippen LogP contribution in [-0.4, -0.2) is 17.0 Å². The van der Waals surface area contributed by atoms with Gasteiger partial charge in [-0.15, -0.1) is 11.3 Å². The summed E-state index contributed by atoms with van der Waals surface area (Å²) in [6.45, 7) is 0. The Hall–Kier alpha value is -1.41. The van der Waals surface area contributed by atoms with Gasteiger partial charge >= 0.3 is 5.97 Å². The molecule has 0 spiro atoms. The molecule has 92 valence electrons. The van der Waals surface area contributed by atoms with Crippen molar-refractivity contribution in [2.45, 2.75) is 0 Å². The summed E-state index contributed by atoms with van der Waals surface area (Å²) in [5.41, 5.74) is 0.616. The molecule has 0 saturated carbocycles. The summed E-state index contributed by atoms with van der Waals surface area (Å²) >= 11 is 3.30. The minimum absolute atomic E-state index is 0.110. The van der Waals surface area contributed by atoms with Crippen molar-refractivity contribution < 1.29 is 14.7 Å². The first kappa shape index (κ1) is 13.0. The molecular weight excluding hydrogens is 365 g/mol. The van der Waals surface area contributed by atoms with Crippen LogP contribution in [0.4, 0.5) is 5.00 Å². The Morgan fingerprint density at radius 1 is 1.28 bits per heavy atom. The number of benzene rings is 1. The van der Waals surface area contributed by atoms with E-state index in [1.165, 1.54) is 17.4 Å². The van der Waals surface area contributed by atoms with Crippen molar-refractivity contribution in [3.63, 3.8) is 0 Å². The fraction of sp³-hybridized carbons (Fsp3) is 0. The van der Waals surface area contributed by atoms with Gasteiger partial charge in [0.05, 0.1) is 5.56 Å². The lowest BCUT2D eigenvalue weighted by molar-refractivity contribution is 0.0698. The number of carbonyl (C=O) groups is 2. The standard InChI is InChI=1S/C12H8INO3S/c13-8-3-1-2-7(6-8)10(15)14-11-9(12(16)17)4-5-18-11/h1-6H,(H,14,15)(H,16,17). The zero-order valence-electron chi connectivity index (χ0n) is 9.01. The first-order chi connectivity index (χ1) is 8.58. The fourth-order valence-corrected chi connectivity index (χ4v) is 2.70. The SMILES string of the molecule is O=C(Nc1sccc1C(=O)O)c1cccc(I)c1. The monoisotopic (exact) mass is 373 g/mol. The van der Waals surface area contributed by atoms with Crippen molar-refractivity contribution in [3.8, 4) is 0 Å². The zero-order chi connectivity index (χ0) is 13.1. The van der Waals surface area contributed by atoms with E-state index >= 15 is 0 Å². The Morgan fingerprint density at radius 2 is 2.06 bits per heavy atom. The van der Waals surface area contributed by atoms with E-state index in [1.54, 1.807) is 23.6 Å². The van der Waals surface area contributed by atoms with E-state index in [2.05, 4.69) is 27.9 Å². The first-order valence-corrected chi connectivity index (χ1v) is 6.91. The summed E-state index contributed by atoms with van der Waals surface area (Å²) in [7, 11) is 0. The summed E-state index contributed by atoms with van der Waals surface area (Å²) in [6, 6.07) is 8.56. The van der Waals surface area contributed by atoms with Crippen LogP contribution in [0.25, 0.3) is 0 Å². The Balaban J connectivity index is 2.21. The van der Waals surface area contributed by atoms with Crippen LogP contribution in [0.15, 0.2) is 35.7 Å². The predicted octanol–water partition coefficient (Wildman–Crippen LogP) is 3.30. The van der Waals surface area contributed by atoms with Crippen LogP contribution < -0.4 is 5.32 Å². The predicted molar refractivity (Wildman–Crippen MR) is 78.4 cm³/mol. The quantitative estimate of drug-likeness (QED) is 0.812. The van der Waals surface area contributed by atoms with Gasteiger partial charge in [0.15, 0.2) is 0 Å². The zero-order valence-corrected chi connectivity index (χ0v) is 12.0. The van der Waals surface area contributed by atoms with Crippen molar-refractivity contribution in [2.75, 3.05) is 5.32 Å². The molecule has 0 saturated heterocycles. The van der Waals surface area contributed by atoms with Gasteiger partial charge in [-0.1, -0.05) is 6.07 Å². The number of carboxylic acids is 1. The molecule has 0 atom stereocenters. The number of anilines is 1. The van der Waals surface area contributed by atoms with Gasteiger partial charge in [-0.25, -0.2) is 4.79 Å². The Bertz CT molecular complexity index is 609. The molecule has 0 aliphatic rings. The van der Waals surface area contributed by atoms with E-state index < -0.39 is 5.97 Å². The number of carboxylic acid groups (broad SMARTS) is 1. The maximum absolute atomic E-state index is 11.9. The molecule has 6 heteroatoms. The lowest BCUT2D eigenvalue weighted by Gasteiger charge is -2.04. The highest BCUT2D eigenvalue weighted by molar-refractivity contribution is 14.1. The molecule has 0 bridgehead atoms. The van der Waals surface area contributed by atoms with Gasteiger partial charge in [0, 0.05) is 9.13 Å². The lowest BCUT2D eigenvalue weighted by atomic mass is 10.2. The summed E-state index contributed by atoms with van der Waals surface area (Å²) in [5.74, 6) is -1.35. The van der Waals surface area contributed by atoms with Gasteiger partial charge in [-0.2, -0.15) is 0 Å². The van der Waals surface area contributed by atoms with Crippen molar-refractivity contribution in [3.05, 3.63) is 50.4 Å². The molecule has 0 unspecified atom stereocenters. The molecule has 4 nitrogen and oxygen atoms in total. The number of thiophene rings is 1. The van der Waals surface area contributed by atoms with Crippen LogP contribution in [0.3, 0.4) is 0 Å². The normalized spacial score (nSPS) is 10.1. The van der Waals surface area contributed by atoms with Crippen LogP contribution >= 0.6 is 33.9 Å². The molecule has 1 aromatic carbocycles. The Labute approximate surface area is 121 Å². The maximum Gasteiger partial charge on any atom is 0.338 e. The summed E-state index contributed by atoms with van der Waals surface area (Å²) < 4.78 is 0.949. The third kappa shape index (κ3) is 2.88. The molecule has 2 rings (SSSR count). The van der Waals surface area contributed by atoms with Crippen molar-refractivity contribution in [1.82, 2.24) is 0 Å². The van der Waals surface area contributed by atoms with Crippen LogP contribution in [-0.2, 0) is 0 Å². The number of amides is 1. The van der Waals surface area contributed by atoms with Gasteiger partial charge in [-0.3, -0.25) is 4.79 Å².